The predicted octanol–water partition coefficient (Wildman–Crippen LogP) is 2.72. The van der Waals surface area contributed by atoms with E-state index in [1.807, 2.05) is 42.4 Å². The molecule has 21 heavy (non-hydrogen) atoms. The smallest absolute Gasteiger partial charge is 0.253 e. The van der Waals surface area contributed by atoms with E-state index in [0.717, 1.165) is 36.1 Å². The normalized spacial score (nSPS) is 19.2. The third-order valence-corrected chi connectivity index (χ3v) is 4.54. The molecule has 4 nitrogen and oxygen atoms in total. The first-order chi connectivity index (χ1) is 10.2. The van der Waals surface area contributed by atoms with Gasteiger partial charge in [-0.2, -0.15) is 0 Å². The van der Waals surface area contributed by atoms with Crippen LogP contribution in [0.15, 0.2) is 30.5 Å². The number of carbonyl (C=O) groups excluding carboxylic acids is 1. The monoisotopic (exact) mass is 285 g/mol. The van der Waals surface area contributed by atoms with Crippen molar-refractivity contribution < 1.29 is 4.79 Å². The molecule has 1 aliphatic rings. The highest BCUT2D eigenvalue weighted by molar-refractivity contribution is 5.97. The SMILES string of the molecule is CCN1CCCC1CN(C)C(=O)c1ccc2cc[nH]c2c1. The summed E-state index contributed by atoms with van der Waals surface area (Å²) in [5.41, 5.74) is 1.78. The van der Waals surface area contributed by atoms with Crippen LogP contribution in [0.25, 0.3) is 10.9 Å². The van der Waals surface area contributed by atoms with Gasteiger partial charge in [0.25, 0.3) is 5.91 Å². The number of nitrogens with one attached hydrogen (secondary N) is 1. The summed E-state index contributed by atoms with van der Waals surface area (Å²) >= 11 is 0. The fourth-order valence-corrected chi connectivity index (χ4v) is 3.32. The second-order valence-electron chi connectivity index (χ2n) is 5.89. The molecule has 1 atom stereocenters. The summed E-state index contributed by atoms with van der Waals surface area (Å²) in [5.74, 6) is 0.106. The van der Waals surface area contributed by atoms with Gasteiger partial charge in [-0.05, 0) is 49.5 Å². The molecule has 4 heteroatoms. The highest BCUT2D eigenvalue weighted by Crippen LogP contribution is 2.19. The molecule has 1 saturated heterocycles. The Morgan fingerprint density at radius 1 is 1.43 bits per heavy atom. The fourth-order valence-electron chi connectivity index (χ4n) is 3.32. The van der Waals surface area contributed by atoms with Gasteiger partial charge in [-0.3, -0.25) is 9.69 Å². The van der Waals surface area contributed by atoms with Crippen molar-refractivity contribution in [2.24, 2.45) is 0 Å². The summed E-state index contributed by atoms with van der Waals surface area (Å²) in [6.07, 6.45) is 4.34. The molecule has 3 rings (SSSR count). The Morgan fingerprint density at radius 3 is 3.10 bits per heavy atom. The van der Waals surface area contributed by atoms with Crippen LogP contribution in [0.1, 0.15) is 30.1 Å². The summed E-state index contributed by atoms with van der Waals surface area (Å²) in [7, 11) is 1.91. The number of hydrogen-bond donors (Lipinski definition) is 1. The zero-order valence-corrected chi connectivity index (χ0v) is 12.8. The van der Waals surface area contributed by atoms with Crippen LogP contribution in [-0.2, 0) is 0 Å². The molecule has 1 amide bonds. The van der Waals surface area contributed by atoms with Gasteiger partial charge in [-0.1, -0.05) is 13.0 Å². The molecule has 0 bridgehead atoms. The molecule has 0 spiro atoms. The minimum Gasteiger partial charge on any atom is -0.361 e. The molecular formula is C17H23N3O. The van der Waals surface area contributed by atoms with Crippen molar-refractivity contribution in [2.45, 2.75) is 25.8 Å². The molecule has 1 aliphatic heterocycles. The van der Waals surface area contributed by atoms with Crippen LogP contribution in [0.5, 0.6) is 0 Å². The van der Waals surface area contributed by atoms with Crippen LogP contribution in [0, 0.1) is 0 Å². The Balaban J connectivity index is 1.71. The molecule has 2 aromatic rings. The van der Waals surface area contributed by atoms with E-state index >= 15 is 0 Å². The van der Waals surface area contributed by atoms with Gasteiger partial charge in [-0.15, -0.1) is 0 Å². The second kappa shape index (κ2) is 5.90. The minimum absolute atomic E-state index is 0.106. The predicted molar refractivity (Wildman–Crippen MR) is 85.5 cm³/mol. The van der Waals surface area contributed by atoms with Crippen molar-refractivity contribution in [3.8, 4) is 0 Å². The quantitative estimate of drug-likeness (QED) is 0.938. The van der Waals surface area contributed by atoms with Gasteiger partial charge in [0.05, 0.1) is 0 Å². The number of rotatable bonds is 4. The van der Waals surface area contributed by atoms with Crippen LogP contribution in [0.3, 0.4) is 0 Å². The van der Waals surface area contributed by atoms with E-state index in [1.165, 1.54) is 12.8 Å². The number of nitrogens with zero attached hydrogens (tertiary/aromatic N) is 2. The lowest BCUT2D eigenvalue weighted by Crippen LogP contribution is -2.41. The third-order valence-electron chi connectivity index (χ3n) is 4.54. The highest BCUT2D eigenvalue weighted by Gasteiger charge is 2.25. The number of benzene rings is 1. The maximum atomic E-state index is 12.6. The van der Waals surface area contributed by atoms with Crippen molar-refractivity contribution in [3.05, 3.63) is 36.0 Å². The first kappa shape index (κ1) is 14.1. The molecular weight excluding hydrogens is 262 g/mol. The van der Waals surface area contributed by atoms with Crippen molar-refractivity contribution in [1.29, 1.82) is 0 Å². The number of likely N-dealkylation sites (tertiary alicyclic amines) is 1. The fraction of sp³-hybridized carbons (Fsp3) is 0.471. The summed E-state index contributed by atoms with van der Waals surface area (Å²) in [4.78, 5) is 20.1. The molecule has 1 N–H and O–H groups in total. The van der Waals surface area contributed by atoms with Crippen LogP contribution < -0.4 is 0 Å². The Morgan fingerprint density at radius 2 is 2.29 bits per heavy atom. The topological polar surface area (TPSA) is 39.3 Å². The van der Waals surface area contributed by atoms with E-state index in [2.05, 4.69) is 16.8 Å². The van der Waals surface area contributed by atoms with Crippen molar-refractivity contribution in [2.75, 3.05) is 26.7 Å². The molecule has 0 radical (unpaired) electrons. The van der Waals surface area contributed by atoms with E-state index in [-0.39, 0.29) is 5.91 Å². The number of aromatic nitrogens is 1. The third kappa shape index (κ3) is 2.81. The lowest BCUT2D eigenvalue weighted by atomic mass is 10.1. The molecule has 112 valence electrons. The Labute approximate surface area is 125 Å². The number of amides is 1. The van der Waals surface area contributed by atoms with Crippen molar-refractivity contribution in [1.82, 2.24) is 14.8 Å². The number of likely N-dealkylation sites (N-methyl/N-ethyl adjacent to an activating group) is 2. The van der Waals surface area contributed by atoms with Gasteiger partial charge < -0.3 is 9.88 Å². The van der Waals surface area contributed by atoms with Gasteiger partial charge in [-0.25, -0.2) is 0 Å². The average molecular weight is 285 g/mol. The number of aromatic amines is 1. The Hall–Kier alpha value is -1.81. The van der Waals surface area contributed by atoms with E-state index in [4.69, 9.17) is 0 Å². The molecule has 1 aromatic heterocycles. The Bertz CT molecular complexity index is 634. The largest absolute Gasteiger partial charge is 0.361 e. The number of H-pyrrole nitrogens is 1. The van der Waals surface area contributed by atoms with Crippen LogP contribution in [-0.4, -0.2) is 53.4 Å². The van der Waals surface area contributed by atoms with Gasteiger partial charge in [0.1, 0.15) is 0 Å². The van der Waals surface area contributed by atoms with Gasteiger partial charge in [0.2, 0.25) is 0 Å². The first-order valence-corrected chi connectivity index (χ1v) is 7.75. The average Bonchev–Trinajstić information content (AvgIpc) is 3.13. The van der Waals surface area contributed by atoms with E-state index in [9.17, 15) is 4.79 Å². The molecule has 2 heterocycles. The summed E-state index contributed by atoms with van der Waals surface area (Å²) in [5, 5.41) is 1.14. The van der Waals surface area contributed by atoms with Gasteiger partial charge in [0, 0.05) is 36.9 Å². The lowest BCUT2D eigenvalue weighted by Gasteiger charge is -2.27. The molecule has 1 aromatic carbocycles. The van der Waals surface area contributed by atoms with Gasteiger partial charge >= 0.3 is 0 Å². The first-order valence-electron chi connectivity index (χ1n) is 7.75. The summed E-state index contributed by atoms with van der Waals surface area (Å²) in [6, 6.07) is 8.39. The Kier molecular flexibility index (Phi) is 3.97. The number of hydrogen-bond acceptors (Lipinski definition) is 2. The van der Waals surface area contributed by atoms with Crippen LogP contribution in [0.2, 0.25) is 0 Å². The van der Waals surface area contributed by atoms with Crippen molar-refractivity contribution >= 4 is 16.8 Å². The highest BCUT2D eigenvalue weighted by atomic mass is 16.2. The maximum Gasteiger partial charge on any atom is 0.253 e. The molecule has 0 saturated carbocycles. The lowest BCUT2D eigenvalue weighted by molar-refractivity contribution is 0.0755. The maximum absolute atomic E-state index is 12.6. The van der Waals surface area contributed by atoms with E-state index < -0.39 is 0 Å². The van der Waals surface area contributed by atoms with Crippen LogP contribution in [0.4, 0.5) is 0 Å². The molecule has 0 aliphatic carbocycles. The second-order valence-corrected chi connectivity index (χ2v) is 5.89. The standard InChI is InChI=1S/C17H23N3O/c1-3-20-10-4-5-15(20)12-19(2)17(21)14-7-6-13-8-9-18-16(13)11-14/h6-9,11,15,18H,3-5,10,12H2,1-2H3. The number of fused-ring (bicyclic) bond motifs is 1. The molecule has 1 fully saturated rings. The molecule has 1 unspecified atom stereocenters. The minimum atomic E-state index is 0.106. The summed E-state index contributed by atoms with van der Waals surface area (Å²) in [6.45, 7) is 5.24. The van der Waals surface area contributed by atoms with Crippen LogP contribution >= 0.6 is 0 Å². The van der Waals surface area contributed by atoms with E-state index in [1.54, 1.807) is 0 Å². The van der Waals surface area contributed by atoms with E-state index in [0.29, 0.717) is 6.04 Å². The zero-order valence-electron chi connectivity index (χ0n) is 12.8. The van der Waals surface area contributed by atoms with Crippen molar-refractivity contribution in [3.63, 3.8) is 0 Å². The van der Waals surface area contributed by atoms with Gasteiger partial charge in [0.15, 0.2) is 0 Å². The zero-order chi connectivity index (χ0) is 14.8. The number of carbonyl (C=O) groups is 1. The summed E-state index contributed by atoms with van der Waals surface area (Å²) < 4.78 is 0.